The third-order valence-electron chi connectivity index (χ3n) is 3.70. The summed E-state index contributed by atoms with van der Waals surface area (Å²) in [7, 11) is 0. The number of hydrogen-bond donors (Lipinski definition) is 2. The predicted molar refractivity (Wildman–Crippen MR) is 87.0 cm³/mol. The lowest BCUT2D eigenvalue weighted by molar-refractivity contribution is 0.470. The molecule has 1 heterocycles. The third kappa shape index (κ3) is 2.41. The van der Waals surface area contributed by atoms with Crippen LogP contribution in [0, 0.1) is 6.92 Å². The van der Waals surface area contributed by atoms with Gasteiger partial charge in [-0.05, 0) is 36.6 Å². The number of aryl methyl sites for hydroxylation is 2. The second-order valence-corrected chi connectivity index (χ2v) is 5.28. The van der Waals surface area contributed by atoms with Crippen molar-refractivity contribution >= 4 is 5.82 Å². The zero-order valence-electron chi connectivity index (χ0n) is 12.6. The van der Waals surface area contributed by atoms with Gasteiger partial charge in [-0.3, -0.25) is 0 Å². The van der Waals surface area contributed by atoms with Gasteiger partial charge in [0.05, 0.1) is 0 Å². The Bertz CT molecular complexity index is 806. The van der Waals surface area contributed by atoms with Gasteiger partial charge in [0.1, 0.15) is 17.1 Å². The molecule has 0 spiro atoms. The van der Waals surface area contributed by atoms with Crippen LogP contribution in [0.15, 0.2) is 42.5 Å². The molecular formula is C17H18N4O. The van der Waals surface area contributed by atoms with Crippen molar-refractivity contribution in [2.75, 3.05) is 5.73 Å². The molecule has 0 fully saturated rings. The molecule has 22 heavy (non-hydrogen) atoms. The standard InChI is InChI=1S/C17H18N4O/c1-3-12-5-7-13(8-6-12)16-17(18)21(20-19-16)14-10-11(2)4-9-15(14)22/h4-10,22H,3,18H2,1-2H3. The maximum Gasteiger partial charge on any atom is 0.156 e. The average molecular weight is 294 g/mol. The highest BCUT2D eigenvalue weighted by Gasteiger charge is 2.15. The first-order chi connectivity index (χ1) is 10.6. The third-order valence-corrected chi connectivity index (χ3v) is 3.70. The van der Waals surface area contributed by atoms with E-state index in [9.17, 15) is 5.11 Å². The fourth-order valence-electron chi connectivity index (χ4n) is 2.37. The molecule has 0 bridgehead atoms. The van der Waals surface area contributed by atoms with Gasteiger partial charge in [-0.15, -0.1) is 5.10 Å². The number of hydrogen-bond acceptors (Lipinski definition) is 4. The van der Waals surface area contributed by atoms with Crippen LogP contribution in [0.4, 0.5) is 5.82 Å². The second-order valence-electron chi connectivity index (χ2n) is 5.28. The van der Waals surface area contributed by atoms with Gasteiger partial charge in [0.25, 0.3) is 0 Å². The van der Waals surface area contributed by atoms with Crippen LogP contribution in [-0.2, 0) is 6.42 Å². The molecule has 0 aliphatic rings. The Labute approximate surface area is 129 Å². The summed E-state index contributed by atoms with van der Waals surface area (Å²) in [6.07, 6.45) is 0.986. The summed E-state index contributed by atoms with van der Waals surface area (Å²) >= 11 is 0. The van der Waals surface area contributed by atoms with Crippen molar-refractivity contribution in [3.05, 3.63) is 53.6 Å². The lowest BCUT2D eigenvalue weighted by Gasteiger charge is -2.07. The van der Waals surface area contributed by atoms with Gasteiger partial charge >= 0.3 is 0 Å². The normalized spacial score (nSPS) is 10.8. The fraction of sp³-hybridized carbons (Fsp3) is 0.176. The fourth-order valence-corrected chi connectivity index (χ4v) is 2.37. The van der Waals surface area contributed by atoms with Crippen LogP contribution in [0.1, 0.15) is 18.1 Å². The van der Waals surface area contributed by atoms with Crippen molar-refractivity contribution in [3.8, 4) is 22.7 Å². The minimum absolute atomic E-state index is 0.120. The lowest BCUT2D eigenvalue weighted by atomic mass is 10.1. The molecule has 3 aromatic rings. The number of aromatic hydroxyl groups is 1. The second kappa shape index (κ2) is 5.52. The molecule has 0 aliphatic carbocycles. The van der Waals surface area contributed by atoms with Gasteiger partial charge in [-0.2, -0.15) is 4.68 Å². The van der Waals surface area contributed by atoms with Gasteiger partial charge in [-0.25, -0.2) is 0 Å². The Hall–Kier alpha value is -2.82. The van der Waals surface area contributed by atoms with Crippen molar-refractivity contribution < 1.29 is 5.11 Å². The summed E-state index contributed by atoms with van der Waals surface area (Å²) in [4.78, 5) is 0. The number of phenolic OH excluding ortho intramolecular Hbond substituents is 1. The predicted octanol–water partition coefficient (Wildman–Crippen LogP) is 3.09. The van der Waals surface area contributed by atoms with Crippen LogP contribution in [-0.4, -0.2) is 20.1 Å². The van der Waals surface area contributed by atoms with Gasteiger partial charge in [0, 0.05) is 5.56 Å². The molecule has 5 heteroatoms. The van der Waals surface area contributed by atoms with E-state index in [0.29, 0.717) is 17.2 Å². The van der Waals surface area contributed by atoms with Gasteiger partial charge in [0.2, 0.25) is 0 Å². The minimum Gasteiger partial charge on any atom is -0.506 e. The molecular weight excluding hydrogens is 276 g/mol. The highest BCUT2D eigenvalue weighted by Crippen LogP contribution is 2.29. The summed E-state index contributed by atoms with van der Waals surface area (Å²) in [5, 5.41) is 18.3. The molecule has 0 saturated heterocycles. The smallest absolute Gasteiger partial charge is 0.156 e. The average Bonchev–Trinajstić information content (AvgIpc) is 2.91. The van der Waals surface area contributed by atoms with E-state index < -0.39 is 0 Å². The van der Waals surface area contributed by atoms with E-state index in [2.05, 4.69) is 29.4 Å². The van der Waals surface area contributed by atoms with Crippen LogP contribution in [0.5, 0.6) is 5.75 Å². The first-order valence-electron chi connectivity index (χ1n) is 7.20. The topological polar surface area (TPSA) is 77.0 Å². The van der Waals surface area contributed by atoms with E-state index in [1.807, 2.05) is 31.2 Å². The SMILES string of the molecule is CCc1ccc(-c2nnn(-c3cc(C)ccc3O)c2N)cc1. The van der Waals surface area contributed by atoms with E-state index in [1.165, 1.54) is 10.2 Å². The largest absolute Gasteiger partial charge is 0.506 e. The zero-order chi connectivity index (χ0) is 15.7. The van der Waals surface area contributed by atoms with Crippen LogP contribution in [0.2, 0.25) is 0 Å². The van der Waals surface area contributed by atoms with Crippen molar-refractivity contribution in [2.45, 2.75) is 20.3 Å². The number of nitrogen functional groups attached to an aromatic ring is 1. The van der Waals surface area contributed by atoms with E-state index in [0.717, 1.165) is 17.5 Å². The van der Waals surface area contributed by atoms with Crippen molar-refractivity contribution in [2.24, 2.45) is 0 Å². The lowest BCUT2D eigenvalue weighted by Crippen LogP contribution is -2.03. The monoisotopic (exact) mass is 294 g/mol. The molecule has 0 radical (unpaired) electrons. The summed E-state index contributed by atoms with van der Waals surface area (Å²) in [6.45, 7) is 4.06. The van der Waals surface area contributed by atoms with E-state index in [4.69, 9.17) is 5.73 Å². The van der Waals surface area contributed by atoms with Crippen LogP contribution in [0.25, 0.3) is 16.9 Å². The molecule has 0 saturated carbocycles. The maximum atomic E-state index is 10.0. The number of anilines is 1. The molecule has 112 valence electrons. The minimum atomic E-state index is 0.120. The molecule has 2 aromatic carbocycles. The van der Waals surface area contributed by atoms with Crippen LogP contribution in [0.3, 0.4) is 0 Å². The number of nitrogens with zero attached hydrogens (tertiary/aromatic N) is 3. The first kappa shape index (κ1) is 14.1. The van der Waals surface area contributed by atoms with Gasteiger partial charge < -0.3 is 10.8 Å². The number of rotatable bonds is 3. The Morgan fingerprint density at radius 2 is 1.86 bits per heavy atom. The highest BCUT2D eigenvalue weighted by atomic mass is 16.3. The molecule has 3 rings (SSSR count). The van der Waals surface area contributed by atoms with Crippen LogP contribution >= 0.6 is 0 Å². The van der Waals surface area contributed by atoms with Crippen molar-refractivity contribution in [1.29, 1.82) is 0 Å². The summed E-state index contributed by atoms with van der Waals surface area (Å²) in [5.74, 6) is 0.528. The van der Waals surface area contributed by atoms with E-state index in [-0.39, 0.29) is 5.75 Å². The van der Waals surface area contributed by atoms with E-state index >= 15 is 0 Å². The molecule has 0 atom stereocenters. The molecule has 0 aliphatic heterocycles. The number of phenols is 1. The van der Waals surface area contributed by atoms with Crippen molar-refractivity contribution in [3.63, 3.8) is 0 Å². The Kier molecular flexibility index (Phi) is 3.55. The maximum absolute atomic E-state index is 10.0. The Balaban J connectivity index is 2.06. The summed E-state index contributed by atoms with van der Waals surface area (Å²) < 4.78 is 1.46. The highest BCUT2D eigenvalue weighted by molar-refractivity contribution is 5.71. The number of aromatic nitrogens is 3. The quantitative estimate of drug-likeness (QED) is 0.778. The molecule has 5 nitrogen and oxygen atoms in total. The molecule has 3 N–H and O–H groups in total. The Morgan fingerprint density at radius 3 is 2.55 bits per heavy atom. The number of benzene rings is 2. The Morgan fingerprint density at radius 1 is 1.14 bits per heavy atom. The summed E-state index contributed by atoms with van der Waals surface area (Å²) in [6, 6.07) is 13.4. The molecule has 0 unspecified atom stereocenters. The molecule has 0 amide bonds. The number of nitrogens with two attached hydrogens (primary N) is 1. The van der Waals surface area contributed by atoms with Crippen molar-refractivity contribution in [1.82, 2.24) is 15.0 Å². The van der Waals surface area contributed by atoms with E-state index in [1.54, 1.807) is 6.07 Å². The zero-order valence-corrected chi connectivity index (χ0v) is 12.6. The molecule has 1 aromatic heterocycles. The van der Waals surface area contributed by atoms with Gasteiger partial charge in [0.15, 0.2) is 5.82 Å². The summed E-state index contributed by atoms with van der Waals surface area (Å²) in [5.41, 5.74) is 10.5. The first-order valence-corrected chi connectivity index (χ1v) is 7.20. The van der Waals surface area contributed by atoms with Crippen LogP contribution < -0.4 is 5.73 Å². The van der Waals surface area contributed by atoms with Gasteiger partial charge in [-0.1, -0.05) is 42.5 Å².